The molecule has 8 N–H and O–H groups in total. The number of carbonyl (C=O) groups is 5. The average molecular weight is 420 g/mol. The summed E-state index contributed by atoms with van der Waals surface area (Å²) in [5.74, 6) is -4.06. The van der Waals surface area contributed by atoms with Gasteiger partial charge in [-0.2, -0.15) is 12.6 Å². The van der Waals surface area contributed by atoms with Crippen molar-refractivity contribution in [3.8, 4) is 0 Å². The molecule has 4 amide bonds. The Morgan fingerprint density at radius 1 is 0.964 bits per heavy atom. The van der Waals surface area contributed by atoms with Crippen LogP contribution in [0.25, 0.3) is 0 Å². The number of amides is 4. The van der Waals surface area contributed by atoms with Gasteiger partial charge in [0.15, 0.2) is 0 Å². The van der Waals surface area contributed by atoms with Crippen LogP contribution in [0.5, 0.6) is 0 Å². The van der Waals surface area contributed by atoms with Crippen molar-refractivity contribution in [2.24, 2.45) is 17.4 Å². The smallest absolute Gasteiger partial charge is 0.327 e. The minimum Gasteiger partial charge on any atom is -0.480 e. The van der Waals surface area contributed by atoms with E-state index >= 15 is 0 Å². The van der Waals surface area contributed by atoms with Gasteiger partial charge in [0.25, 0.3) is 0 Å². The standard InChI is InChI=1S/C16H29N5O6S/c1-8(2)5-10(15(25)21-11(7-28)16(26)27)20-14(24)9(3-4-12(18)22)19-13(23)6-17/h8-11,28H,3-7,17H2,1-2H3,(H2,18,22)(H,19,23)(H,20,24)(H,21,25)(H,26,27). The molecule has 0 aliphatic rings. The quantitative estimate of drug-likeness (QED) is 0.163. The molecular formula is C16H29N5O6S. The molecule has 11 nitrogen and oxygen atoms in total. The Bertz CT molecular complexity index is 586. The SMILES string of the molecule is CC(C)CC(NC(=O)C(CCC(N)=O)NC(=O)CN)C(=O)NC(CS)C(=O)O. The van der Waals surface area contributed by atoms with Crippen LogP contribution in [0.2, 0.25) is 0 Å². The fourth-order valence-corrected chi connectivity index (χ4v) is 2.49. The summed E-state index contributed by atoms with van der Waals surface area (Å²) >= 11 is 3.88. The molecule has 0 saturated carbocycles. The van der Waals surface area contributed by atoms with Crippen LogP contribution in [-0.4, -0.2) is 65.1 Å². The van der Waals surface area contributed by atoms with E-state index in [0.29, 0.717) is 0 Å². The molecule has 28 heavy (non-hydrogen) atoms. The van der Waals surface area contributed by atoms with Crippen LogP contribution in [-0.2, 0) is 24.0 Å². The van der Waals surface area contributed by atoms with Gasteiger partial charge in [0.05, 0.1) is 6.54 Å². The molecule has 0 aromatic rings. The third-order valence-electron chi connectivity index (χ3n) is 3.65. The van der Waals surface area contributed by atoms with E-state index in [2.05, 4.69) is 28.6 Å². The number of carboxylic acids is 1. The lowest BCUT2D eigenvalue weighted by Crippen LogP contribution is -2.56. The van der Waals surface area contributed by atoms with E-state index in [4.69, 9.17) is 16.6 Å². The second-order valence-corrected chi connectivity index (χ2v) is 6.97. The van der Waals surface area contributed by atoms with E-state index in [9.17, 15) is 24.0 Å². The first kappa shape index (κ1) is 25.7. The highest BCUT2D eigenvalue weighted by Crippen LogP contribution is 2.07. The summed E-state index contributed by atoms with van der Waals surface area (Å²) in [6.45, 7) is 3.28. The van der Waals surface area contributed by atoms with Gasteiger partial charge in [-0.05, 0) is 18.8 Å². The molecule has 0 heterocycles. The highest BCUT2D eigenvalue weighted by atomic mass is 32.1. The second kappa shape index (κ2) is 12.9. The van der Waals surface area contributed by atoms with Crippen molar-refractivity contribution >= 4 is 42.2 Å². The molecule has 0 bridgehead atoms. The van der Waals surface area contributed by atoms with E-state index in [1.54, 1.807) is 0 Å². The van der Waals surface area contributed by atoms with Gasteiger partial charge < -0.3 is 32.5 Å². The second-order valence-electron chi connectivity index (χ2n) is 6.60. The summed E-state index contributed by atoms with van der Waals surface area (Å²) in [6.07, 6.45) is -0.00804. The first-order chi connectivity index (χ1) is 13.0. The van der Waals surface area contributed by atoms with Gasteiger partial charge in [-0.1, -0.05) is 13.8 Å². The molecule has 0 radical (unpaired) electrons. The van der Waals surface area contributed by atoms with Crippen LogP contribution < -0.4 is 27.4 Å². The molecule has 0 rings (SSSR count). The minimum absolute atomic E-state index is 0.00182. The maximum absolute atomic E-state index is 12.6. The highest BCUT2D eigenvalue weighted by molar-refractivity contribution is 7.80. The number of nitrogens with one attached hydrogen (secondary N) is 3. The number of rotatable bonds is 13. The molecule has 0 aliphatic heterocycles. The van der Waals surface area contributed by atoms with E-state index < -0.39 is 47.7 Å². The molecule has 0 aromatic carbocycles. The monoisotopic (exact) mass is 419 g/mol. The van der Waals surface area contributed by atoms with Gasteiger partial charge in [0, 0.05) is 12.2 Å². The van der Waals surface area contributed by atoms with Crippen LogP contribution >= 0.6 is 12.6 Å². The average Bonchev–Trinajstić information content (AvgIpc) is 2.60. The normalized spacial score (nSPS) is 13.9. The van der Waals surface area contributed by atoms with Gasteiger partial charge >= 0.3 is 5.97 Å². The lowest BCUT2D eigenvalue weighted by molar-refractivity contribution is -0.141. The highest BCUT2D eigenvalue weighted by Gasteiger charge is 2.29. The van der Waals surface area contributed by atoms with Crippen molar-refractivity contribution in [2.75, 3.05) is 12.3 Å². The first-order valence-corrected chi connectivity index (χ1v) is 9.37. The summed E-state index contributed by atoms with van der Waals surface area (Å²) in [4.78, 5) is 58.6. The largest absolute Gasteiger partial charge is 0.480 e. The minimum atomic E-state index is -1.26. The van der Waals surface area contributed by atoms with Crippen molar-refractivity contribution in [3.05, 3.63) is 0 Å². The van der Waals surface area contributed by atoms with Gasteiger partial charge in [0.1, 0.15) is 18.1 Å². The molecular weight excluding hydrogens is 390 g/mol. The third kappa shape index (κ3) is 10.1. The lowest BCUT2D eigenvalue weighted by atomic mass is 10.0. The summed E-state index contributed by atoms with van der Waals surface area (Å²) in [7, 11) is 0. The number of carboxylic acid groups (broad SMARTS) is 1. The van der Waals surface area contributed by atoms with E-state index in [1.165, 1.54) is 0 Å². The van der Waals surface area contributed by atoms with Crippen molar-refractivity contribution < 1.29 is 29.1 Å². The number of aliphatic carboxylic acids is 1. The Hall–Kier alpha value is -2.34. The molecule has 0 saturated heterocycles. The zero-order valence-electron chi connectivity index (χ0n) is 15.9. The molecule has 160 valence electrons. The zero-order valence-corrected chi connectivity index (χ0v) is 16.8. The fourth-order valence-electron chi connectivity index (χ4n) is 2.24. The van der Waals surface area contributed by atoms with Crippen molar-refractivity contribution in [2.45, 2.75) is 51.2 Å². The molecule has 0 aromatic heterocycles. The van der Waals surface area contributed by atoms with Crippen LogP contribution in [0.1, 0.15) is 33.1 Å². The predicted octanol–water partition coefficient (Wildman–Crippen LogP) is -2.27. The van der Waals surface area contributed by atoms with E-state index in [-0.39, 0.29) is 37.5 Å². The van der Waals surface area contributed by atoms with Gasteiger partial charge in [-0.25, -0.2) is 4.79 Å². The van der Waals surface area contributed by atoms with Gasteiger partial charge in [0.2, 0.25) is 23.6 Å². The van der Waals surface area contributed by atoms with Crippen LogP contribution in [0, 0.1) is 5.92 Å². The van der Waals surface area contributed by atoms with E-state index in [0.717, 1.165) is 0 Å². The molecule has 3 unspecified atom stereocenters. The fraction of sp³-hybridized carbons (Fsp3) is 0.688. The summed E-state index contributed by atoms with van der Waals surface area (Å²) in [6, 6.07) is -3.38. The summed E-state index contributed by atoms with van der Waals surface area (Å²) in [5.41, 5.74) is 10.3. The predicted molar refractivity (Wildman–Crippen MR) is 104 cm³/mol. The summed E-state index contributed by atoms with van der Waals surface area (Å²) in [5, 5.41) is 16.2. The number of nitrogens with two attached hydrogens (primary N) is 2. The number of hydrogen-bond acceptors (Lipinski definition) is 7. The van der Waals surface area contributed by atoms with Crippen molar-refractivity contribution in [1.29, 1.82) is 0 Å². The molecule has 0 spiro atoms. The summed E-state index contributed by atoms with van der Waals surface area (Å²) < 4.78 is 0. The molecule has 0 aliphatic carbocycles. The van der Waals surface area contributed by atoms with Crippen LogP contribution in [0.4, 0.5) is 0 Å². The maximum Gasteiger partial charge on any atom is 0.327 e. The topological polar surface area (TPSA) is 194 Å². The van der Waals surface area contributed by atoms with Crippen molar-refractivity contribution in [3.63, 3.8) is 0 Å². The Morgan fingerprint density at radius 2 is 1.50 bits per heavy atom. The molecule has 12 heteroatoms. The Kier molecular flexibility index (Phi) is 11.9. The Labute approximate surface area is 168 Å². The van der Waals surface area contributed by atoms with Crippen LogP contribution in [0.15, 0.2) is 0 Å². The zero-order chi connectivity index (χ0) is 21.9. The van der Waals surface area contributed by atoms with E-state index in [1.807, 2.05) is 13.8 Å². The lowest BCUT2D eigenvalue weighted by Gasteiger charge is -2.25. The van der Waals surface area contributed by atoms with Crippen LogP contribution in [0.3, 0.4) is 0 Å². The number of hydrogen-bond donors (Lipinski definition) is 7. The van der Waals surface area contributed by atoms with Gasteiger partial charge in [-0.3, -0.25) is 19.2 Å². The molecule has 0 fully saturated rings. The van der Waals surface area contributed by atoms with Crippen molar-refractivity contribution in [1.82, 2.24) is 16.0 Å². The Balaban J connectivity index is 5.29. The van der Waals surface area contributed by atoms with Gasteiger partial charge in [-0.15, -0.1) is 0 Å². The third-order valence-corrected chi connectivity index (χ3v) is 4.02. The maximum atomic E-state index is 12.6. The molecule has 3 atom stereocenters. The Morgan fingerprint density at radius 3 is 1.93 bits per heavy atom. The number of carbonyl (C=O) groups excluding carboxylic acids is 4. The first-order valence-electron chi connectivity index (χ1n) is 8.73. The number of thiol groups is 1. The number of primary amides is 1.